The number of benzene rings is 2. The molecular formula is C30H38ClN3O2. The van der Waals surface area contributed by atoms with E-state index in [0.717, 1.165) is 62.4 Å². The largest absolute Gasteiger partial charge is 0.450 e. The van der Waals surface area contributed by atoms with E-state index in [1.165, 1.54) is 24.1 Å². The lowest BCUT2D eigenvalue weighted by molar-refractivity contribution is 0.0270. The maximum Gasteiger partial charge on any atom is 0.410 e. The van der Waals surface area contributed by atoms with Crippen molar-refractivity contribution in [2.75, 3.05) is 31.1 Å². The van der Waals surface area contributed by atoms with E-state index < -0.39 is 0 Å². The fourth-order valence-electron chi connectivity index (χ4n) is 7.58. The Morgan fingerprint density at radius 3 is 2.47 bits per heavy atom. The van der Waals surface area contributed by atoms with Crippen LogP contribution in [0.4, 0.5) is 10.5 Å². The Bertz CT molecular complexity index is 1110. The van der Waals surface area contributed by atoms with Gasteiger partial charge in [-0.25, -0.2) is 4.79 Å². The summed E-state index contributed by atoms with van der Waals surface area (Å²) in [6.07, 6.45) is 6.70. The van der Waals surface area contributed by atoms with Gasteiger partial charge in [-0.05, 0) is 100 Å². The number of ether oxygens (including phenoxy) is 1. The number of likely N-dealkylation sites (tertiary alicyclic amines) is 1. The van der Waals surface area contributed by atoms with Crippen LogP contribution < -0.4 is 4.90 Å². The lowest BCUT2D eigenvalue weighted by atomic mass is 9.68. The SMILES string of the molecule is CCOC(=O)N1C2CCC1CC(N1CCC3(CC1)CN(c1ccc(Cl)c(C)c1)Cc1ccccc13)C2. The minimum atomic E-state index is -0.0996. The van der Waals surface area contributed by atoms with Crippen LogP contribution in [0.25, 0.3) is 0 Å². The van der Waals surface area contributed by atoms with Crippen molar-refractivity contribution < 1.29 is 9.53 Å². The summed E-state index contributed by atoms with van der Waals surface area (Å²) in [5.74, 6) is 0. The van der Waals surface area contributed by atoms with E-state index in [2.05, 4.69) is 58.0 Å². The Labute approximate surface area is 220 Å². The topological polar surface area (TPSA) is 36.0 Å². The number of fused-ring (bicyclic) bond motifs is 4. The summed E-state index contributed by atoms with van der Waals surface area (Å²) in [5.41, 5.74) is 5.62. The number of carbonyl (C=O) groups excluding carboxylic acids is 1. The van der Waals surface area contributed by atoms with Crippen molar-refractivity contribution in [1.82, 2.24) is 9.80 Å². The van der Waals surface area contributed by atoms with Gasteiger partial charge in [0.25, 0.3) is 0 Å². The van der Waals surface area contributed by atoms with Gasteiger partial charge >= 0.3 is 6.09 Å². The van der Waals surface area contributed by atoms with Crippen molar-refractivity contribution >= 4 is 23.4 Å². The zero-order chi connectivity index (χ0) is 24.9. The lowest BCUT2D eigenvalue weighted by Crippen LogP contribution is -2.57. The summed E-state index contributed by atoms with van der Waals surface area (Å²) < 4.78 is 5.37. The lowest BCUT2D eigenvalue weighted by Gasteiger charge is -2.52. The smallest absolute Gasteiger partial charge is 0.410 e. The third-order valence-electron chi connectivity index (χ3n) is 9.41. The van der Waals surface area contributed by atoms with Crippen LogP contribution in [0.1, 0.15) is 62.1 Å². The van der Waals surface area contributed by atoms with Crippen LogP contribution in [0.2, 0.25) is 5.02 Å². The molecule has 1 amide bonds. The second kappa shape index (κ2) is 9.57. The molecule has 0 radical (unpaired) electrons. The van der Waals surface area contributed by atoms with Crippen molar-refractivity contribution in [3.8, 4) is 0 Å². The molecule has 2 aromatic carbocycles. The summed E-state index contributed by atoms with van der Waals surface area (Å²) in [5, 5.41) is 0.835. The molecular weight excluding hydrogens is 470 g/mol. The maximum atomic E-state index is 12.5. The van der Waals surface area contributed by atoms with Gasteiger partial charge in [-0.3, -0.25) is 0 Å². The Hall–Kier alpha value is -2.24. The summed E-state index contributed by atoms with van der Waals surface area (Å²) in [4.78, 5) is 19.9. The van der Waals surface area contributed by atoms with Gasteiger partial charge in [-0.2, -0.15) is 0 Å². The van der Waals surface area contributed by atoms with Crippen molar-refractivity contribution in [3.63, 3.8) is 0 Å². The predicted molar refractivity (Wildman–Crippen MR) is 145 cm³/mol. The molecule has 6 rings (SSSR count). The molecule has 0 aliphatic carbocycles. The zero-order valence-corrected chi connectivity index (χ0v) is 22.3. The number of aryl methyl sites for hydroxylation is 1. The second-order valence-corrected chi connectivity index (χ2v) is 11.8. The average molecular weight is 508 g/mol. The normalized spacial score (nSPS) is 27.2. The summed E-state index contributed by atoms with van der Waals surface area (Å²) in [7, 11) is 0. The number of rotatable bonds is 3. The number of anilines is 1. The second-order valence-electron chi connectivity index (χ2n) is 11.4. The molecule has 192 valence electrons. The van der Waals surface area contributed by atoms with E-state index in [9.17, 15) is 4.79 Å². The number of piperidine rings is 2. The molecule has 5 nitrogen and oxygen atoms in total. The molecule has 3 saturated heterocycles. The highest BCUT2D eigenvalue weighted by atomic mass is 35.5. The Balaban J connectivity index is 1.19. The van der Waals surface area contributed by atoms with E-state index in [4.69, 9.17) is 16.3 Å². The molecule has 4 heterocycles. The number of carbonyl (C=O) groups is 1. The van der Waals surface area contributed by atoms with E-state index in [-0.39, 0.29) is 11.5 Å². The van der Waals surface area contributed by atoms with Crippen molar-refractivity contribution in [1.29, 1.82) is 0 Å². The monoisotopic (exact) mass is 507 g/mol. The molecule has 0 N–H and O–H groups in total. The highest BCUT2D eigenvalue weighted by molar-refractivity contribution is 6.31. The van der Waals surface area contributed by atoms with Gasteiger partial charge in [0.2, 0.25) is 0 Å². The molecule has 3 fully saturated rings. The third-order valence-corrected chi connectivity index (χ3v) is 9.83. The number of hydrogen-bond acceptors (Lipinski definition) is 4. The Morgan fingerprint density at radius 2 is 1.78 bits per heavy atom. The fraction of sp³-hybridized carbons (Fsp3) is 0.567. The Morgan fingerprint density at radius 1 is 1.06 bits per heavy atom. The quantitative estimate of drug-likeness (QED) is 0.499. The minimum absolute atomic E-state index is 0.0996. The van der Waals surface area contributed by atoms with Crippen LogP contribution >= 0.6 is 11.6 Å². The third kappa shape index (κ3) is 4.18. The van der Waals surface area contributed by atoms with E-state index in [0.29, 0.717) is 24.7 Å². The van der Waals surface area contributed by atoms with Gasteiger partial charge in [0, 0.05) is 47.3 Å². The first-order valence-corrected chi connectivity index (χ1v) is 14.1. The predicted octanol–water partition coefficient (Wildman–Crippen LogP) is 6.15. The molecule has 0 aromatic heterocycles. The van der Waals surface area contributed by atoms with Gasteiger partial charge in [-0.1, -0.05) is 35.9 Å². The van der Waals surface area contributed by atoms with Crippen LogP contribution in [0.5, 0.6) is 0 Å². The Kier molecular flexibility index (Phi) is 6.41. The minimum Gasteiger partial charge on any atom is -0.450 e. The molecule has 6 heteroatoms. The highest BCUT2D eigenvalue weighted by Crippen LogP contribution is 2.45. The zero-order valence-electron chi connectivity index (χ0n) is 21.6. The van der Waals surface area contributed by atoms with E-state index in [1.807, 2.05) is 13.0 Å². The van der Waals surface area contributed by atoms with Gasteiger partial charge < -0.3 is 19.4 Å². The van der Waals surface area contributed by atoms with Gasteiger partial charge in [-0.15, -0.1) is 0 Å². The molecule has 4 aliphatic rings. The molecule has 2 unspecified atom stereocenters. The number of hydrogen-bond donors (Lipinski definition) is 0. The molecule has 0 saturated carbocycles. The van der Waals surface area contributed by atoms with Crippen LogP contribution in [-0.4, -0.2) is 60.3 Å². The van der Waals surface area contributed by atoms with Crippen LogP contribution in [0.15, 0.2) is 42.5 Å². The fourth-order valence-corrected chi connectivity index (χ4v) is 7.70. The number of amides is 1. The van der Waals surface area contributed by atoms with E-state index >= 15 is 0 Å². The van der Waals surface area contributed by atoms with Crippen LogP contribution in [0.3, 0.4) is 0 Å². The van der Waals surface area contributed by atoms with E-state index in [1.54, 1.807) is 5.56 Å². The highest BCUT2D eigenvalue weighted by Gasteiger charge is 2.48. The first-order chi connectivity index (χ1) is 17.5. The van der Waals surface area contributed by atoms with Gasteiger partial charge in [0.1, 0.15) is 0 Å². The molecule has 1 spiro atoms. The molecule has 36 heavy (non-hydrogen) atoms. The summed E-state index contributed by atoms with van der Waals surface area (Å²) >= 11 is 6.35. The average Bonchev–Trinajstić information content (AvgIpc) is 3.16. The van der Waals surface area contributed by atoms with Crippen molar-refractivity contribution in [2.24, 2.45) is 0 Å². The summed E-state index contributed by atoms with van der Waals surface area (Å²) in [6.45, 7) is 8.73. The van der Waals surface area contributed by atoms with Crippen LogP contribution in [0, 0.1) is 6.92 Å². The maximum absolute atomic E-state index is 12.5. The molecule has 2 atom stereocenters. The molecule has 2 bridgehead atoms. The van der Waals surface area contributed by atoms with Gasteiger partial charge in [0.15, 0.2) is 0 Å². The first-order valence-electron chi connectivity index (χ1n) is 13.8. The first kappa shape index (κ1) is 24.1. The molecule has 2 aromatic rings. The van der Waals surface area contributed by atoms with Gasteiger partial charge in [0.05, 0.1) is 6.61 Å². The standard InChI is InChI=1S/C30H38ClN3O2/c1-3-36-29(35)34-24-8-9-25(34)18-26(17-24)32-14-12-30(13-15-32)20-33(19-22-6-4-5-7-27(22)30)23-10-11-28(31)21(2)16-23/h4-7,10-11,16,24-26H,3,8-9,12-15,17-20H2,1-2H3. The number of nitrogens with zero attached hydrogens (tertiary/aromatic N) is 3. The van der Waals surface area contributed by atoms with Crippen LogP contribution in [-0.2, 0) is 16.7 Å². The van der Waals surface area contributed by atoms with Crippen molar-refractivity contribution in [3.05, 3.63) is 64.2 Å². The van der Waals surface area contributed by atoms with Crippen molar-refractivity contribution in [2.45, 2.75) is 82.5 Å². The molecule has 4 aliphatic heterocycles. The number of halogens is 1. The summed E-state index contributed by atoms with van der Waals surface area (Å²) in [6, 6.07) is 16.9.